The first-order valence-electron chi connectivity index (χ1n) is 12.6. The van der Waals surface area contributed by atoms with Crippen molar-refractivity contribution in [1.82, 2.24) is 9.97 Å². The number of carboxylic acids is 1. The lowest BCUT2D eigenvalue weighted by Gasteiger charge is -2.12. The summed E-state index contributed by atoms with van der Waals surface area (Å²) in [5.41, 5.74) is 2.80. The van der Waals surface area contributed by atoms with Gasteiger partial charge in [-0.2, -0.15) is 4.98 Å². The fourth-order valence-electron chi connectivity index (χ4n) is 3.76. The van der Waals surface area contributed by atoms with Crippen molar-refractivity contribution >= 4 is 17.6 Å². The largest absolute Gasteiger partial charge is 0.494 e. The van der Waals surface area contributed by atoms with Crippen molar-refractivity contribution in [2.24, 2.45) is 0 Å². The predicted octanol–water partition coefficient (Wildman–Crippen LogP) is 7.02. The quantitative estimate of drug-likeness (QED) is 0.174. The molecule has 1 aromatic heterocycles. The van der Waals surface area contributed by atoms with Gasteiger partial charge in [0.05, 0.1) is 12.3 Å². The molecule has 0 saturated carbocycles. The standard InChI is InChI=1S/C30H30FN3O4/c31-26-13-8-7-12-23(26)21-38-28-20-27(22-10-4-3-5-11-22)33-30(34-28)32-24-15-17-25(18-16-24)37-19-9-2-1-6-14-29(35)36/h3-5,7-8,10-13,15-18,20H,1-2,6,9,14,19,21H2,(H,35,36)(H,32,33,34). The van der Waals surface area contributed by atoms with E-state index in [4.69, 9.17) is 14.6 Å². The van der Waals surface area contributed by atoms with Crippen LogP contribution in [-0.4, -0.2) is 27.7 Å². The number of halogens is 1. The van der Waals surface area contributed by atoms with Gasteiger partial charge in [0.2, 0.25) is 11.8 Å². The molecule has 0 amide bonds. The van der Waals surface area contributed by atoms with Gasteiger partial charge in [-0.15, -0.1) is 0 Å². The van der Waals surface area contributed by atoms with E-state index >= 15 is 0 Å². The molecule has 0 fully saturated rings. The van der Waals surface area contributed by atoms with Gasteiger partial charge in [0, 0.05) is 29.3 Å². The van der Waals surface area contributed by atoms with Gasteiger partial charge in [0.1, 0.15) is 18.2 Å². The van der Waals surface area contributed by atoms with Gasteiger partial charge in [-0.3, -0.25) is 4.79 Å². The summed E-state index contributed by atoms with van der Waals surface area (Å²) >= 11 is 0. The van der Waals surface area contributed by atoms with Crippen LogP contribution in [0, 0.1) is 5.82 Å². The van der Waals surface area contributed by atoms with E-state index in [1.54, 1.807) is 24.3 Å². The number of nitrogens with zero attached hydrogens (tertiary/aromatic N) is 2. The number of unbranched alkanes of at least 4 members (excludes halogenated alkanes) is 3. The smallest absolute Gasteiger partial charge is 0.303 e. The summed E-state index contributed by atoms with van der Waals surface area (Å²) in [5, 5.41) is 11.9. The van der Waals surface area contributed by atoms with Gasteiger partial charge in [-0.1, -0.05) is 61.4 Å². The van der Waals surface area contributed by atoms with E-state index in [1.165, 1.54) is 6.07 Å². The van der Waals surface area contributed by atoms with Gasteiger partial charge in [-0.05, 0) is 43.2 Å². The lowest BCUT2D eigenvalue weighted by atomic mass is 10.1. The molecule has 0 saturated heterocycles. The number of ether oxygens (including phenoxy) is 2. The highest BCUT2D eigenvalue weighted by molar-refractivity contribution is 5.66. The average Bonchev–Trinajstić information content (AvgIpc) is 2.93. The predicted molar refractivity (Wildman–Crippen MR) is 144 cm³/mol. The molecule has 7 nitrogen and oxygen atoms in total. The molecule has 3 aromatic carbocycles. The molecule has 1 heterocycles. The molecular formula is C30H30FN3O4. The Balaban J connectivity index is 1.39. The third kappa shape index (κ3) is 8.30. The molecule has 2 N–H and O–H groups in total. The van der Waals surface area contributed by atoms with Crippen molar-refractivity contribution in [2.45, 2.75) is 38.7 Å². The monoisotopic (exact) mass is 515 g/mol. The summed E-state index contributed by atoms with van der Waals surface area (Å²) in [6.45, 7) is 0.619. The van der Waals surface area contributed by atoms with E-state index in [2.05, 4.69) is 15.3 Å². The zero-order chi connectivity index (χ0) is 26.6. The fraction of sp³-hybridized carbons (Fsp3) is 0.233. The molecular weight excluding hydrogens is 485 g/mol. The van der Waals surface area contributed by atoms with E-state index < -0.39 is 5.97 Å². The minimum absolute atomic E-state index is 0.0446. The van der Waals surface area contributed by atoms with Crippen molar-refractivity contribution in [3.05, 3.63) is 96.3 Å². The molecule has 38 heavy (non-hydrogen) atoms. The third-order valence-corrected chi connectivity index (χ3v) is 5.77. The van der Waals surface area contributed by atoms with Crippen LogP contribution >= 0.6 is 0 Å². The number of hydrogen-bond donors (Lipinski definition) is 2. The van der Waals surface area contributed by atoms with Gasteiger partial charge in [0.25, 0.3) is 0 Å². The highest BCUT2D eigenvalue weighted by Crippen LogP contribution is 2.26. The molecule has 0 bridgehead atoms. The first-order valence-corrected chi connectivity index (χ1v) is 12.6. The third-order valence-electron chi connectivity index (χ3n) is 5.77. The van der Waals surface area contributed by atoms with Crippen LogP contribution in [0.25, 0.3) is 11.3 Å². The molecule has 4 aromatic rings. The van der Waals surface area contributed by atoms with Crippen LogP contribution in [0.3, 0.4) is 0 Å². The maximum absolute atomic E-state index is 14.1. The van der Waals surface area contributed by atoms with Gasteiger partial charge in [0.15, 0.2) is 0 Å². The number of anilines is 2. The summed E-state index contributed by atoms with van der Waals surface area (Å²) in [4.78, 5) is 19.7. The zero-order valence-corrected chi connectivity index (χ0v) is 21.0. The molecule has 0 aliphatic heterocycles. The van der Waals surface area contributed by atoms with Crippen LogP contribution in [0.15, 0.2) is 84.9 Å². The Hall–Kier alpha value is -4.46. The molecule has 0 unspecified atom stereocenters. The molecule has 0 atom stereocenters. The molecule has 0 spiro atoms. The normalized spacial score (nSPS) is 10.7. The van der Waals surface area contributed by atoms with Crippen LogP contribution in [0.1, 0.15) is 37.7 Å². The Kier molecular flexibility index (Phi) is 9.62. The lowest BCUT2D eigenvalue weighted by molar-refractivity contribution is -0.137. The van der Waals surface area contributed by atoms with Gasteiger partial charge >= 0.3 is 5.97 Å². The van der Waals surface area contributed by atoms with Crippen LogP contribution in [0.5, 0.6) is 11.6 Å². The second kappa shape index (κ2) is 13.7. The minimum Gasteiger partial charge on any atom is -0.494 e. The van der Waals surface area contributed by atoms with Gasteiger partial charge < -0.3 is 19.9 Å². The Morgan fingerprint density at radius 1 is 0.842 bits per heavy atom. The molecule has 8 heteroatoms. The number of aliphatic carboxylic acids is 1. The highest BCUT2D eigenvalue weighted by atomic mass is 19.1. The number of carboxylic acid groups (broad SMARTS) is 1. The molecule has 0 radical (unpaired) electrons. The Labute approximate surface area is 221 Å². The maximum Gasteiger partial charge on any atom is 0.303 e. The Morgan fingerprint density at radius 3 is 2.34 bits per heavy atom. The lowest BCUT2D eigenvalue weighted by Crippen LogP contribution is -2.04. The summed E-state index contributed by atoms with van der Waals surface area (Å²) in [6.07, 6.45) is 3.59. The van der Waals surface area contributed by atoms with Crippen LogP contribution in [0.2, 0.25) is 0 Å². The summed E-state index contributed by atoms with van der Waals surface area (Å²) in [5.74, 6) is 0.342. The Morgan fingerprint density at radius 2 is 1.58 bits per heavy atom. The first kappa shape index (κ1) is 26.6. The zero-order valence-electron chi connectivity index (χ0n) is 21.0. The number of rotatable bonds is 14. The van der Waals surface area contributed by atoms with E-state index in [0.29, 0.717) is 36.1 Å². The number of aromatic nitrogens is 2. The highest BCUT2D eigenvalue weighted by Gasteiger charge is 2.10. The van der Waals surface area contributed by atoms with Crippen molar-refractivity contribution in [3.8, 4) is 22.9 Å². The average molecular weight is 516 g/mol. The minimum atomic E-state index is -0.751. The van der Waals surface area contributed by atoms with Crippen LogP contribution < -0.4 is 14.8 Å². The maximum atomic E-state index is 14.1. The molecule has 4 rings (SSSR count). The van der Waals surface area contributed by atoms with Crippen molar-refractivity contribution in [1.29, 1.82) is 0 Å². The Bertz CT molecular complexity index is 1320. The van der Waals surface area contributed by atoms with Crippen LogP contribution in [0.4, 0.5) is 16.0 Å². The van der Waals surface area contributed by atoms with Crippen molar-refractivity contribution in [3.63, 3.8) is 0 Å². The second-order valence-corrected chi connectivity index (χ2v) is 8.72. The van der Waals surface area contributed by atoms with E-state index in [1.807, 2.05) is 54.6 Å². The van der Waals surface area contributed by atoms with Gasteiger partial charge in [-0.25, -0.2) is 9.37 Å². The first-order chi connectivity index (χ1) is 18.6. The van der Waals surface area contributed by atoms with Crippen molar-refractivity contribution < 1.29 is 23.8 Å². The summed E-state index contributed by atoms with van der Waals surface area (Å²) in [7, 11) is 0. The topological polar surface area (TPSA) is 93.6 Å². The van der Waals surface area contributed by atoms with Crippen molar-refractivity contribution in [2.75, 3.05) is 11.9 Å². The SMILES string of the molecule is O=C(O)CCCCCCOc1ccc(Nc2nc(OCc3ccccc3F)cc(-c3ccccc3)n2)cc1. The molecule has 0 aliphatic carbocycles. The van der Waals surface area contributed by atoms with E-state index in [-0.39, 0.29) is 18.8 Å². The summed E-state index contributed by atoms with van der Waals surface area (Å²) < 4.78 is 25.7. The van der Waals surface area contributed by atoms with E-state index in [0.717, 1.165) is 36.3 Å². The fourth-order valence-corrected chi connectivity index (χ4v) is 3.76. The number of nitrogens with one attached hydrogen (secondary N) is 1. The summed E-state index contributed by atoms with van der Waals surface area (Å²) in [6, 6.07) is 25.4. The second-order valence-electron chi connectivity index (χ2n) is 8.72. The molecule has 0 aliphatic rings. The van der Waals surface area contributed by atoms with Crippen LogP contribution in [-0.2, 0) is 11.4 Å². The number of hydrogen-bond acceptors (Lipinski definition) is 6. The molecule has 196 valence electrons. The number of carbonyl (C=O) groups is 1. The number of benzene rings is 3. The van der Waals surface area contributed by atoms with E-state index in [9.17, 15) is 9.18 Å².